The van der Waals surface area contributed by atoms with E-state index in [4.69, 9.17) is 4.74 Å². The van der Waals surface area contributed by atoms with Crippen LogP contribution in [0.1, 0.15) is 39.0 Å². The molecule has 2 aliphatic carbocycles. The molecule has 1 heterocycles. The Balaban J connectivity index is 1.89. The maximum atomic E-state index is 11.4. The lowest BCUT2D eigenvalue weighted by Crippen LogP contribution is -2.33. The van der Waals surface area contributed by atoms with E-state index in [-0.39, 0.29) is 18.0 Å². The Bertz CT molecular complexity index is 372. The van der Waals surface area contributed by atoms with Crippen LogP contribution in [0, 0.1) is 17.8 Å². The summed E-state index contributed by atoms with van der Waals surface area (Å²) in [4.78, 5) is 11.4. The minimum atomic E-state index is -0.589. The zero-order valence-electron chi connectivity index (χ0n) is 10.3. The third kappa shape index (κ3) is 1.71. The molecule has 3 heteroatoms. The highest BCUT2D eigenvalue weighted by molar-refractivity contribution is 5.72. The third-order valence-electron chi connectivity index (χ3n) is 5.03. The van der Waals surface area contributed by atoms with E-state index in [0.29, 0.717) is 18.3 Å². The Kier molecular flexibility index (Phi) is 2.37. The van der Waals surface area contributed by atoms with Crippen LogP contribution in [0.3, 0.4) is 0 Å². The summed E-state index contributed by atoms with van der Waals surface area (Å²) in [5.74, 6) is 0.900. The lowest BCUT2D eigenvalue weighted by atomic mass is 9.79. The molecule has 3 aliphatic rings. The molecular weight excluding hydrogens is 216 g/mol. The second kappa shape index (κ2) is 3.58. The second-order valence-electron chi connectivity index (χ2n) is 6.20. The maximum Gasteiger partial charge on any atom is 0.306 e. The van der Waals surface area contributed by atoms with Crippen LogP contribution in [0.4, 0.5) is 0 Å². The fourth-order valence-corrected chi connectivity index (χ4v) is 4.01. The van der Waals surface area contributed by atoms with Crippen molar-refractivity contribution in [2.75, 3.05) is 0 Å². The summed E-state index contributed by atoms with van der Waals surface area (Å²) >= 11 is 0. The average Bonchev–Trinajstić information content (AvgIpc) is 2.66. The van der Waals surface area contributed by atoms with E-state index in [9.17, 15) is 9.90 Å². The molecule has 5 unspecified atom stereocenters. The topological polar surface area (TPSA) is 46.5 Å². The fourth-order valence-electron chi connectivity index (χ4n) is 4.01. The van der Waals surface area contributed by atoms with Gasteiger partial charge in [0, 0.05) is 12.3 Å². The van der Waals surface area contributed by atoms with Gasteiger partial charge < -0.3 is 9.84 Å². The van der Waals surface area contributed by atoms with Gasteiger partial charge in [-0.2, -0.15) is 0 Å². The molecule has 0 aromatic carbocycles. The number of hydrogen-bond donors (Lipinski definition) is 1. The molecule has 0 aromatic rings. The molecule has 1 saturated heterocycles. The number of rotatable bonds is 0. The number of hydrogen-bond acceptors (Lipinski definition) is 3. The van der Waals surface area contributed by atoms with E-state index in [1.165, 1.54) is 5.57 Å². The summed E-state index contributed by atoms with van der Waals surface area (Å²) in [6.07, 6.45) is 4.14. The first-order chi connectivity index (χ1) is 7.97. The molecule has 94 valence electrons. The third-order valence-corrected chi connectivity index (χ3v) is 5.03. The van der Waals surface area contributed by atoms with E-state index in [1.54, 1.807) is 0 Å². The molecule has 3 fully saturated rings. The normalized spacial score (nSPS) is 49.5. The summed E-state index contributed by atoms with van der Waals surface area (Å²) < 4.78 is 5.37. The molecular formula is C14H20O3. The molecule has 1 N–H and O–H groups in total. The van der Waals surface area contributed by atoms with Gasteiger partial charge in [0.15, 0.2) is 0 Å². The Morgan fingerprint density at radius 2 is 2.24 bits per heavy atom. The summed E-state index contributed by atoms with van der Waals surface area (Å²) in [5, 5.41) is 10.5. The van der Waals surface area contributed by atoms with Gasteiger partial charge in [0.25, 0.3) is 0 Å². The molecule has 0 spiro atoms. The largest absolute Gasteiger partial charge is 0.462 e. The smallest absolute Gasteiger partial charge is 0.306 e. The van der Waals surface area contributed by atoms with Crippen molar-refractivity contribution in [1.82, 2.24) is 0 Å². The van der Waals surface area contributed by atoms with E-state index < -0.39 is 5.60 Å². The van der Waals surface area contributed by atoms with Crippen LogP contribution in [-0.2, 0) is 9.53 Å². The molecule has 0 aromatic heterocycles. The monoisotopic (exact) mass is 236 g/mol. The SMILES string of the molecule is C=C1CC2OC(=O)CC2CC2C1CCC2(C)O. The Hall–Kier alpha value is -0.830. The zero-order valence-corrected chi connectivity index (χ0v) is 10.3. The van der Waals surface area contributed by atoms with Crippen molar-refractivity contribution >= 4 is 5.97 Å². The summed E-state index contributed by atoms with van der Waals surface area (Å²) in [6.45, 7) is 6.10. The standard InChI is InChI=1S/C14H20O3/c1-8-5-12-9(7-13(15)17-12)6-11-10(8)3-4-14(11,2)16/h9-12,16H,1,3-7H2,2H3. The Morgan fingerprint density at radius 3 is 3.00 bits per heavy atom. The van der Waals surface area contributed by atoms with Crippen LogP contribution < -0.4 is 0 Å². The van der Waals surface area contributed by atoms with Gasteiger partial charge in [-0.25, -0.2) is 0 Å². The molecule has 3 nitrogen and oxygen atoms in total. The lowest BCUT2D eigenvalue weighted by molar-refractivity contribution is -0.141. The van der Waals surface area contributed by atoms with Crippen LogP contribution in [-0.4, -0.2) is 22.8 Å². The Labute approximate surface area is 102 Å². The van der Waals surface area contributed by atoms with Gasteiger partial charge in [0.1, 0.15) is 6.10 Å². The second-order valence-corrected chi connectivity index (χ2v) is 6.20. The molecule has 3 rings (SSSR count). The first kappa shape index (κ1) is 11.3. The molecule has 1 aliphatic heterocycles. The number of carbonyl (C=O) groups is 1. The number of fused-ring (bicyclic) bond motifs is 2. The predicted molar refractivity (Wildman–Crippen MR) is 63.2 cm³/mol. The van der Waals surface area contributed by atoms with Crippen molar-refractivity contribution in [2.45, 2.75) is 50.7 Å². The van der Waals surface area contributed by atoms with Crippen molar-refractivity contribution in [1.29, 1.82) is 0 Å². The summed E-state index contributed by atoms with van der Waals surface area (Å²) in [6, 6.07) is 0. The predicted octanol–water partition coefficient (Wildman–Crippen LogP) is 2.05. The van der Waals surface area contributed by atoms with E-state index in [2.05, 4.69) is 6.58 Å². The van der Waals surface area contributed by atoms with Gasteiger partial charge >= 0.3 is 5.97 Å². The fraction of sp³-hybridized carbons (Fsp3) is 0.786. The number of carbonyl (C=O) groups excluding carboxylic acids is 1. The molecule has 0 radical (unpaired) electrons. The first-order valence-electron chi connectivity index (χ1n) is 6.57. The number of ether oxygens (including phenoxy) is 1. The quantitative estimate of drug-likeness (QED) is 0.517. The van der Waals surface area contributed by atoms with Gasteiger partial charge in [-0.15, -0.1) is 0 Å². The van der Waals surface area contributed by atoms with Crippen molar-refractivity contribution in [3.8, 4) is 0 Å². The van der Waals surface area contributed by atoms with Crippen LogP contribution in [0.25, 0.3) is 0 Å². The minimum Gasteiger partial charge on any atom is -0.462 e. The average molecular weight is 236 g/mol. The molecule has 17 heavy (non-hydrogen) atoms. The number of esters is 1. The van der Waals surface area contributed by atoms with Crippen LogP contribution >= 0.6 is 0 Å². The van der Waals surface area contributed by atoms with Crippen molar-refractivity contribution in [2.24, 2.45) is 17.8 Å². The summed E-state index contributed by atoms with van der Waals surface area (Å²) in [5.41, 5.74) is 0.587. The van der Waals surface area contributed by atoms with Crippen LogP contribution in [0.15, 0.2) is 12.2 Å². The van der Waals surface area contributed by atoms with Gasteiger partial charge in [0.2, 0.25) is 0 Å². The Morgan fingerprint density at radius 1 is 1.47 bits per heavy atom. The molecule has 0 amide bonds. The van der Waals surface area contributed by atoms with E-state index >= 15 is 0 Å². The van der Waals surface area contributed by atoms with Crippen molar-refractivity contribution in [3.05, 3.63) is 12.2 Å². The summed E-state index contributed by atoms with van der Waals surface area (Å²) in [7, 11) is 0. The minimum absolute atomic E-state index is 0.0244. The number of aliphatic hydroxyl groups is 1. The van der Waals surface area contributed by atoms with Crippen molar-refractivity contribution < 1.29 is 14.6 Å². The highest BCUT2D eigenvalue weighted by Gasteiger charge is 2.50. The zero-order chi connectivity index (χ0) is 12.2. The molecule has 2 saturated carbocycles. The van der Waals surface area contributed by atoms with E-state index in [1.807, 2.05) is 6.92 Å². The molecule has 0 bridgehead atoms. The van der Waals surface area contributed by atoms with Gasteiger partial charge in [-0.1, -0.05) is 12.2 Å². The maximum absolute atomic E-state index is 11.4. The van der Waals surface area contributed by atoms with E-state index in [0.717, 1.165) is 25.7 Å². The highest BCUT2D eigenvalue weighted by atomic mass is 16.5. The van der Waals surface area contributed by atoms with Crippen LogP contribution in [0.5, 0.6) is 0 Å². The van der Waals surface area contributed by atoms with Crippen molar-refractivity contribution in [3.63, 3.8) is 0 Å². The highest BCUT2D eigenvalue weighted by Crippen LogP contribution is 2.52. The lowest BCUT2D eigenvalue weighted by Gasteiger charge is -2.29. The molecule has 5 atom stereocenters. The van der Waals surface area contributed by atoms with Gasteiger partial charge in [0.05, 0.1) is 12.0 Å². The van der Waals surface area contributed by atoms with Gasteiger partial charge in [-0.05, 0) is 38.0 Å². The van der Waals surface area contributed by atoms with Gasteiger partial charge in [-0.3, -0.25) is 4.79 Å². The first-order valence-corrected chi connectivity index (χ1v) is 6.57. The van der Waals surface area contributed by atoms with Crippen LogP contribution in [0.2, 0.25) is 0 Å².